The van der Waals surface area contributed by atoms with Crippen LogP contribution in [0, 0.1) is 11.3 Å². The highest BCUT2D eigenvalue weighted by molar-refractivity contribution is 7.10. The fraction of sp³-hybridized carbons (Fsp3) is 0.375. The average Bonchev–Trinajstić information content (AvgIpc) is 2.50. The van der Waals surface area contributed by atoms with E-state index >= 15 is 0 Å². The average molecular weight is 220 g/mol. The minimum absolute atomic E-state index is 0.145. The van der Waals surface area contributed by atoms with Gasteiger partial charge in [-0.1, -0.05) is 0 Å². The topological polar surface area (TPSA) is 35.8 Å². The quantitative estimate of drug-likeness (QED) is 0.848. The molecule has 0 aliphatic carbocycles. The molecule has 0 fully saturated rings. The van der Waals surface area contributed by atoms with Crippen LogP contribution < -0.4 is 5.32 Å². The summed E-state index contributed by atoms with van der Waals surface area (Å²) in [7, 11) is 0. The van der Waals surface area contributed by atoms with Gasteiger partial charge in [-0.25, -0.2) is 0 Å². The minimum atomic E-state index is -4.19. The van der Waals surface area contributed by atoms with Gasteiger partial charge in [-0.15, -0.1) is 11.3 Å². The number of alkyl halides is 3. The number of rotatable bonds is 3. The first-order chi connectivity index (χ1) is 6.51. The third-order valence-corrected chi connectivity index (χ3v) is 2.34. The maximum absolute atomic E-state index is 11.7. The molecular weight excluding hydrogens is 213 g/mol. The van der Waals surface area contributed by atoms with E-state index < -0.39 is 12.7 Å². The lowest BCUT2D eigenvalue weighted by Gasteiger charge is -2.06. The zero-order chi connectivity index (χ0) is 10.6. The molecule has 0 atom stereocenters. The summed E-state index contributed by atoms with van der Waals surface area (Å²) >= 11 is 1.27. The van der Waals surface area contributed by atoms with Crippen LogP contribution in [0.5, 0.6) is 0 Å². The Balaban J connectivity index is 2.36. The van der Waals surface area contributed by atoms with Crippen molar-refractivity contribution in [3.05, 3.63) is 21.9 Å². The molecule has 0 unspecified atom stereocenters. The van der Waals surface area contributed by atoms with Crippen molar-refractivity contribution >= 4 is 11.3 Å². The highest BCUT2D eigenvalue weighted by atomic mass is 32.1. The normalized spacial score (nSPS) is 11.3. The molecule has 0 amide bonds. The Bertz CT molecular complexity index is 337. The smallest absolute Gasteiger partial charge is 0.304 e. The van der Waals surface area contributed by atoms with E-state index in [1.165, 1.54) is 11.3 Å². The van der Waals surface area contributed by atoms with E-state index in [4.69, 9.17) is 5.26 Å². The number of nitriles is 1. The molecule has 6 heteroatoms. The Hall–Kier alpha value is -1.06. The van der Waals surface area contributed by atoms with Crippen LogP contribution in [0.15, 0.2) is 11.4 Å². The van der Waals surface area contributed by atoms with Crippen molar-refractivity contribution in [1.82, 2.24) is 5.32 Å². The Morgan fingerprint density at radius 1 is 1.50 bits per heavy atom. The second-order valence-electron chi connectivity index (χ2n) is 2.63. The second kappa shape index (κ2) is 4.44. The van der Waals surface area contributed by atoms with E-state index in [1.54, 1.807) is 11.4 Å². The highest BCUT2D eigenvalue weighted by Gasteiger charge is 2.26. The van der Waals surface area contributed by atoms with Crippen LogP contribution in [0.4, 0.5) is 13.2 Å². The van der Waals surface area contributed by atoms with Gasteiger partial charge in [-0.2, -0.15) is 18.4 Å². The highest BCUT2D eigenvalue weighted by Crippen LogP contribution is 2.15. The van der Waals surface area contributed by atoms with E-state index in [2.05, 4.69) is 5.32 Å². The Morgan fingerprint density at radius 2 is 2.21 bits per heavy atom. The fourth-order valence-electron chi connectivity index (χ4n) is 0.859. The maximum atomic E-state index is 11.7. The zero-order valence-corrected chi connectivity index (χ0v) is 7.87. The van der Waals surface area contributed by atoms with Crippen molar-refractivity contribution in [1.29, 1.82) is 5.26 Å². The summed E-state index contributed by atoms with van der Waals surface area (Å²) in [4.78, 5) is 0.728. The molecule has 0 bridgehead atoms. The van der Waals surface area contributed by atoms with Crippen LogP contribution in [-0.2, 0) is 6.54 Å². The summed E-state index contributed by atoms with van der Waals surface area (Å²) < 4.78 is 35.2. The van der Waals surface area contributed by atoms with Crippen molar-refractivity contribution in [2.75, 3.05) is 6.54 Å². The third kappa shape index (κ3) is 3.77. The monoisotopic (exact) mass is 220 g/mol. The van der Waals surface area contributed by atoms with Gasteiger partial charge in [-0.3, -0.25) is 0 Å². The molecule has 14 heavy (non-hydrogen) atoms. The van der Waals surface area contributed by atoms with Gasteiger partial charge in [0.25, 0.3) is 0 Å². The Morgan fingerprint density at radius 3 is 2.71 bits per heavy atom. The predicted octanol–water partition coefficient (Wildman–Crippen LogP) is 2.27. The summed E-state index contributed by atoms with van der Waals surface area (Å²) in [6.07, 6.45) is -4.19. The molecule has 0 aromatic carbocycles. The largest absolute Gasteiger partial charge is 0.401 e. The van der Waals surface area contributed by atoms with Gasteiger partial charge in [-0.05, 0) is 6.07 Å². The standard InChI is InChI=1S/C8H7F3N2S/c9-8(10,11)5-13-3-7-1-6(2-12)4-14-7/h1,4,13H,3,5H2. The molecular formula is C8H7F3N2S. The first kappa shape index (κ1) is 11.0. The summed E-state index contributed by atoms with van der Waals surface area (Å²) in [5.74, 6) is 0. The number of hydrogen-bond donors (Lipinski definition) is 1. The van der Waals surface area contributed by atoms with E-state index in [-0.39, 0.29) is 6.54 Å². The van der Waals surface area contributed by atoms with Gasteiger partial charge >= 0.3 is 6.18 Å². The molecule has 1 aromatic heterocycles. The van der Waals surface area contributed by atoms with Crippen molar-refractivity contribution < 1.29 is 13.2 Å². The zero-order valence-electron chi connectivity index (χ0n) is 7.06. The van der Waals surface area contributed by atoms with Crippen molar-refractivity contribution in [2.45, 2.75) is 12.7 Å². The van der Waals surface area contributed by atoms with Gasteiger partial charge in [0.05, 0.1) is 12.1 Å². The summed E-state index contributed by atoms with van der Waals surface area (Å²) in [6, 6.07) is 3.49. The van der Waals surface area contributed by atoms with Crippen LogP contribution in [0.1, 0.15) is 10.4 Å². The summed E-state index contributed by atoms with van der Waals surface area (Å²) in [5, 5.41) is 12.3. The maximum Gasteiger partial charge on any atom is 0.401 e. The van der Waals surface area contributed by atoms with Crippen LogP contribution >= 0.6 is 11.3 Å². The lowest BCUT2D eigenvalue weighted by molar-refractivity contribution is -0.125. The molecule has 1 N–H and O–H groups in total. The minimum Gasteiger partial charge on any atom is -0.304 e. The molecule has 76 valence electrons. The van der Waals surface area contributed by atoms with E-state index in [9.17, 15) is 13.2 Å². The van der Waals surface area contributed by atoms with Crippen LogP contribution in [0.2, 0.25) is 0 Å². The van der Waals surface area contributed by atoms with Gasteiger partial charge in [0, 0.05) is 16.8 Å². The van der Waals surface area contributed by atoms with E-state index in [0.717, 1.165) is 4.88 Å². The molecule has 0 spiro atoms. The molecule has 0 aliphatic heterocycles. The molecule has 0 saturated carbocycles. The molecule has 2 nitrogen and oxygen atoms in total. The third-order valence-electron chi connectivity index (χ3n) is 1.41. The molecule has 0 radical (unpaired) electrons. The van der Waals surface area contributed by atoms with Crippen LogP contribution in [0.25, 0.3) is 0 Å². The Kier molecular flexibility index (Phi) is 3.49. The molecule has 1 aromatic rings. The van der Waals surface area contributed by atoms with Gasteiger partial charge < -0.3 is 5.32 Å². The van der Waals surface area contributed by atoms with Crippen molar-refractivity contribution in [3.8, 4) is 6.07 Å². The molecule has 1 heterocycles. The van der Waals surface area contributed by atoms with E-state index in [1.807, 2.05) is 6.07 Å². The number of hydrogen-bond acceptors (Lipinski definition) is 3. The van der Waals surface area contributed by atoms with Crippen molar-refractivity contribution in [2.24, 2.45) is 0 Å². The first-order valence-corrected chi connectivity index (χ1v) is 4.64. The van der Waals surface area contributed by atoms with Crippen molar-refractivity contribution in [3.63, 3.8) is 0 Å². The Labute approximate surface area is 83.0 Å². The fourth-order valence-corrected chi connectivity index (χ4v) is 1.64. The van der Waals surface area contributed by atoms with Crippen LogP contribution in [-0.4, -0.2) is 12.7 Å². The second-order valence-corrected chi connectivity index (χ2v) is 3.63. The summed E-state index contributed by atoms with van der Waals surface area (Å²) in [5.41, 5.74) is 0.485. The van der Waals surface area contributed by atoms with Gasteiger partial charge in [0.2, 0.25) is 0 Å². The van der Waals surface area contributed by atoms with Gasteiger partial charge in [0.1, 0.15) is 6.07 Å². The SMILES string of the molecule is N#Cc1csc(CNCC(F)(F)F)c1. The molecule has 0 saturated heterocycles. The number of nitrogens with one attached hydrogen (secondary N) is 1. The first-order valence-electron chi connectivity index (χ1n) is 3.76. The number of halogens is 3. The number of thiophene rings is 1. The number of nitrogens with zero attached hydrogens (tertiary/aromatic N) is 1. The van der Waals surface area contributed by atoms with E-state index in [0.29, 0.717) is 5.56 Å². The van der Waals surface area contributed by atoms with Crippen LogP contribution in [0.3, 0.4) is 0 Å². The molecule has 1 rings (SSSR count). The molecule has 0 aliphatic rings. The summed E-state index contributed by atoms with van der Waals surface area (Å²) in [6.45, 7) is -0.862. The lowest BCUT2D eigenvalue weighted by atomic mass is 10.3. The van der Waals surface area contributed by atoms with Gasteiger partial charge in [0.15, 0.2) is 0 Å². The lowest BCUT2D eigenvalue weighted by Crippen LogP contribution is -2.27. The predicted molar refractivity (Wildman–Crippen MR) is 46.8 cm³/mol.